The van der Waals surface area contributed by atoms with Gasteiger partial charge in [-0.15, -0.1) is 0 Å². The third-order valence-electron chi connectivity index (χ3n) is 6.04. The highest BCUT2D eigenvalue weighted by molar-refractivity contribution is 6.44. The summed E-state index contributed by atoms with van der Waals surface area (Å²) in [4.78, 5) is 43.4. The Morgan fingerprint density at radius 3 is 2.31 bits per heavy atom. The van der Waals surface area contributed by atoms with Gasteiger partial charge in [0.05, 0.1) is 19.3 Å². The molecule has 2 atom stereocenters. The fourth-order valence-electron chi connectivity index (χ4n) is 4.24. The smallest absolute Gasteiger partial charge is 0.291 e. The van der Waals surface area contributed by atoms with Crippen molar-refractivity contribution in [2.24, 2.45) is 11.8 Å². The number of likely N-dealkylation sites (N-methyl/N-ethyl adjacent to an activating group) is 1. The van der Waals surface area contributed by atoms with Crippen molar-refractivity contribution in [2.75, 3.05) is 40.4 Å². The number of ether oxygens (including phenoxy) is 2. The number of ketones is 2. The van der Waals surface area contributed by atoms with Crippen molar-refractivity contribution in [2.45, 2.75) is 33.7 Å². The van der Waals surface area contributed by atoms with E-state index in [9.17, 15) is 14.4 Å². The van der Waals surface area contributed by atoms with Crippen LogP contribution < -0.4 is 9.47 Å². The zero-order valence-corrected chi connectivity index (χ0v) is 21.5. The average Bonchev–Trinajstić information content (AvgIpc) is 3.06. The Balaban J connectivity index is 1.96. The molecule has 2 unspecified atom stereocenters. The fourth-order valence-corrected chi connectivity index (χ4v) is 4.24. The molecule has 0 spiro atoms. The number of benzene rings is 2. The van der Waals surface area contributed by atoms with Gasteiger partial charge in [-0.1, -0.05) is 26.0 Å². The van der Waals surface area contributed by atoms with E-state index < -0.39 is 23.7 Å². The lowest BCUT2D eigenvalue weighted by atomic mass is 9.86. The van der Waals surface area contributed by atoms with E-state index >= 15 is 0 Å². The van der Waals surface area contributed by atoms with E-state index in [2.05, 4.69) is 13.8 Å². The third kappa shape index (κ3) is 6.09. The van der Waals surface area contributed by atoms with Gasteiger partial charge in [-0.25, -0.2) is 0 Å². The molecular weight excluding hydrogens is 444 g/mol. The second-order valence-electron chi connectivity index (χ2n) is 9.64. The number of Topliss-reactive ketones (excluding diaryl/α,β-unsaturated/α-hetero) is 2. The molecule has 1 aliphatic heterocycles. The molecule has 1 heterocycles. The second kappa shape index (κ2) is 11.5. The molecule has 7 heteroatoms. The summed E-state index contributed by atoms with van der Waals surface area (Å²) in [5, 5.41) is 0. The molecule has 188 valence electrons. The maximum Gasteiger partial charge on any atom is 0.291 e. The summed E-state index contributed by atoms with van der Waals surface area (Å²) in [6.45, 7) is 9.95. The molecule has 0 aromatic heterocycles. The Bertz CT molecular complexity index is 1060. The fraction of sp³-hybridized carbons (Fsp3) is 0.464. The molecule has 1 saturated heterocycles. The third-order valence-corrected chi connectivity index (χ3v) is 6.04. The molecule has 0 bridgehead atoms. The van der Waals surface area contributed by atoms with Gasteiger partial charge < -0.3 is 19.3 Å². The largest absolute Gasteiger partial charge is 0.494 e. The molecule has 7 nitrogen and oxygen atoms in total. The van der Waals surface area contributed by atoms with Gasteiger partial charge in [0.2, 0.25) is 5.78 Å². The SMILES string of the molecule is CCOc1ccc(C2C(C(=O)c3ccc(OCC(C)C)c(C)c3)C(=O)C(=O)N2CCN(C)C)cc1. The number of carbonyl (C=O) groups excluding carboxylic acids is 3. The van der Waals surface area contributed by atoms with E-state index in [1.165, 1.54) is 4.90 Å². The van der Waals surface area contributed by atoms with E-state index in [1.807, 2.05) is 57.1 Å². The summed E-state index contributed by atoms with van der Waals surface area (Å²) >= 11 is 0. The standard InChI is InChI=1S/C28H36N2O5/c1-7-34-22-11-8-20(9-12-22)25-24(27(32)28(33)30(25)15-14-29(5)6)26(31)21-10-13-23(19(4)16-21)35-17-18(2)3/h8-13,16,18,24-25H,7,14-15,17H2,1-6H3. The number of hydrogen-bond donors (Lipinski definition) is 0. The minimum Gasteiger partial charge on any atom is -0.494 e. The normalized spacial score (nSPS) is 18.0. The summed E-state index contributed by atoms with van der Waals surface area (Å²) in [7, 11) is 3.81. The van der Waals surface area contributed by atoms with Crippen molar-refractivity contribution in [1.82, 2.24) is 9.80 Å². The first kappa shape index (κ1) is 26.4. The van der Waals surface area contributed by atoms with E-state index in [-0.39, 0.29) is 5.78 Å². The van der Waals surface area contributed by atoms with Crippen LogP contribution in [-0.2, 0) is 9.59 Å². The molecule has 0 saturated carbocycles. The maximum absolute atomic E-state index is 13.7. The number of amides is 1. The summed E-state index contributed by atoms with van der Waals surface area (Å²) in [6.07, 6.45) is 0. The van der Waals surface area contributed by atoms with Gasteiger partial charge in [-0.05, 0) is 75.3 Å². The Kier molecular flexibility index (Phi) is 8.67. The number of rotatable bonds is 11. The molecule has 35 heavy (non-hydrogen) atoms. The zero-order valence-electron chi connectivity index (χ0n) is 21.5. The van der Waals surface area contributed by atoms with Gasteiger partial charge in [-0.3, -0.25) is 14.4 Å². The highest BCUT2D eigenvalue weighted by atomic mass is 16.5. The minimum absolute atomic E-state index is 0.347. The molecule has 0 N–H and O–H groups in total. The van der Waals surface area contributed by atoms with Crippen LogP contribution in [0.5, 0.6) is 11.5 Å². The van der Waals surface area contributed by atoms with Gasteiger partial charge >= 0.3 is 0 Å². The molecule has 1 fully saturated rings. The van der Waals surface area contributed by atoms with E-state index in [0.29, 0.717) is 49.3 Å². The van der Waals surface area contributed by atoms with Crippen molar-refractivity contribution < 1.29 is 23.9 Å². The highest BCUT2D eigenvalue weighted by Gasteiger charge is 2.51. The first-order chi connectivity index (χ1) is 16.6. The van der Waals surface area contributed by atoms with Crippen molar-refractivity contribution >= 4 is 17.5 Å². The van der Waals surface area contributed by atoms with Crippen molar-refractivity contribution in [1.29, 1.82) is 0 Å². The summed E-state index contributed by atoms with van der Waals surface area (Å²) < 4.78 is 11.4. The lowest BCUT2D eigenvalue weighted by Gasteiger charge is -2.28. The first-order valence-electron chi connectivity index (χ1n) is 12.1. The molecule has 3 rings (SSSR count). The summed E-state index contributed by atoms with van der Waals surface area (Å²) in [6, 6.07) is 11.8. The molecule has 1 aliphatic rings. The van der Waals surface area contributed by atoms with Gasteiger partial charge in [0.15, 0.2) is 5.78 Å². The molecule has 2 aromatic rings. The van der Waals surface area contributed by atoms with Gasteiger partial charge in [-0.2, -0.15) is 0 Å². The molecule has 1 amide bonds. The van der Waals surface area contributed by atoms with Gasteiger partial charge in [0.25, 0.3) is 5.91 Å². The Hall–Kier alpha value is -3.19. The summed E-state index contributed by atoms with van der Waals surface area (Å²) in [5.74, 6) is -0.955. The van der Waals surface area contributed by atoms with Crippen LogP contribution in [0.2, 0.25) is 0 Å². The lowest BCUT2D eigenvalue weighted by molar-refractivity contribution is -0.140. The molecule has 0 radical (unpaired) electrons. The van der Waals surface area contributed by atoms with Crippen molar-refractivity contribution in [3.05, 3.63) is 59.2 Å². The van der Waals surface area contributed by atoms with Crippen molar-refractivity contribution in [3.8, 4) is 11.5 Å². The number of aryl methyl sites for hydroxylation is 1. The predicted octanol–water partition coefficient (Wildman–Crippen LogP) is 3.94. The van der Waals surface area contributed by atoms with Crippen molar-refractivity contribution in [3.63, 3.8) is 0 Å². The number of hydrogen-bond acceptors (Lipinski definition) is 6. The van der Waals surface area contributed by atoms with Crippen LogP contribution in [0.15, 0.2) is 42.5 Å². The Labute approximate surface area is 208 Å². The van der Waals surface area contributed by atoms with Crippen LogP contribution in [0.4, 0.5) is 0 Å². The minimum atomic E-state index is -1.11. The number of likely N-dealkylation sites (tertiary alicyclic amines) is 1. The Morgan fingerprint density at radius 2 is 1.74 bits per heavy atom. The molecule has 2 aromatic carbocycles. The van der Waals surface area contributed by atoms with Crippen LogP contribution in [0.1, 0.15) is 48.3 Å². The van der Waals surface area contributed by atoms with E-state index in [4.69, 9.17) is 9.47 Å². The predicted molar refractivity (Wildman–Crippen MR) is 135 cm³/mol. The van der Waals surface area contributed by atoms with Crippen LogP contribution >= 0.6 is 0 Å². The lowest BCUT2D eigenvalue weighted by Crippen LogP contribution is -2.36. The first-order valence-corrected chi connectivity index (χ1v) is 12.1. The van der Waals surface area contributed by atoms with E-state index in [1.54, 1.807) is 18.2 Å². The molecular formula is C28H36N2O5. The van der Waals surface area contributed by atoms with Crippen LogP contribution in [0.3, 0.4) is 0 Å². The quantitative estimate of drug-likeness (QED) is 0.275. The Morgan fingerprint density at radius 1 is 1.06 bits per heavy atom. The average molecular weight is 481 g/mol. The number of nitrogens with zero attached hydrogens (tertiary/aromatic N) is 2. The second-order valence-corrected chi connectivity index (χ2v) is 9.64. The molecule has 0 aliphatic carbocycles. The van der Waals surface area contributed by atoms with Gasteiger partial charge in [0.1, 0.15) is 17.4 Å². The van der Waals surface area contributed by atoms with Crippen LogP contribution in [0, 0.1) is 18.8 Å². The topological polar surface area (TPSA) is 76.1 Å². The maximum atomic E-state index is 13.7. The monoisotopic (exact) mass is 480 g/mol. The summed E-state index contributed by atoms with van der Waals surface area (Å²) in [5.41, 5.74) is 1.95. The van der Waals surface area contributed by atoms with Crippen LogP contribution in [-0.4, -0.2) is 67.7 Å². The van der Waals surface area contributed by atoms with Gasteiger partial charge in [0, 0.05) is 18.7 Å². The number of carbonyl (C=O) groups is 3. The zero-order chi connectivity index (χ0) is 25.7. The van der Waals surface area contributed by atoms with E-state index in [0.717, 1.165) is 11.1 Å². The van der Waals surface area contributed by atoms with Crippen LogP contribution in [0.25, 0.3) is 0 Å². The highest BCUT2D eigenvalue weighted by Crippen LogP contribution is 2.39.